The normalized spacial score (nSPS) is 12.9. The molecule has 0 saturated heterocycles. The van der Waals surface area contributed by atoms with Crippen molar-refractivity contribution in [3.05, 3.63) is 59.7 Å². The zero-order valence-electron chi connectivity index (χ0n) is 22.3. The zero-order valence-corrected chi connectivity index (χ0v) is 22.3. The Bertz CT molecular complexity index is 1110. The van der Waals surface area contributed by atoms with Gasteiger partial charge >= 0.3 is 12.2 Å². The Morgan fingerprint density at radius 2 is 1.47 bits per heavy atom. The number of ether oxygens (including phenoxy) is 2. The van der Waals surface area contributed by atoms with E-state index in [-0.39, 0.29) is 18.9 Å². The lowest BCUT2D eigenvalue weighted by atomic mass is 9.98. The molecule has 0 aliphatic heterocycles. The molecule has 38 heavy (non-hydrogen) atoms. The molecule has 1 aliphatic carbocycles. The molecule has 0 heterocycles. The Morgan fingerprint density at radius 1 is 0.868 bits per heavy atom. The molecule has 0 fully saturated rings. The fourth-order valence-electron chi connectivity index (χ4n) is 4.27. The zero-order chi connectivity index (χ0) is 27.7. The van der Waals surface area contributed by atoms with Crippen molar-refractivity contribution in [2.75, 3.05) is 13.2 Å². The number of hydrazine groups is 1. The Labute approximate surface area is 222 Å². The lowest BCUT2D eigenvalue weighted by Gasteiger charge is -2.23. The van der Waals surface area contributed by atoms with Crippen LogP contribution >= 0.6 is 0 Å². The highest BCUT2D eigenvalue weighted by atomic mass is 16.6. The van der Waals surface area contributed by atoms with Crippen LogP contribution in [-0.4, -0.2) is 48.8 Å². The smallest absolute Gasteiger partial charge is 0.408 e. The Balaban J connectivity index is 1.44. The Morgan fingerprint density at radius 3 is 2.05 bits per heavy atom. The van der Waals surface area contributed by atoms with Gasteiger partial charge in [0.25, 0.3) is 5.91 Å². The summed E-state index contributed by atoms with van der Waals surface area (Å²) >= 11 is 0. The molecule has 204 valence electrons. The van der Waals surface area contributed by atoms with Crippen LogP contribution in [0.25, 0.3) is 11.1 Å². The van der Waals surface area contributed by atoms with Crippen LogP contribution in [-0.2, 0) is 19.1 Å². The largest absolute Gasteiger partial charge is 0.449 e. The van der Waals surface area contributed by atoms with Gasteiger partial charge in [-0.15, -0.1) is 0 Å². The highest BCUT2D eigenvalue weighted by molar-refractivity contribution is 5.87. The van der Waals surface area contributed by atoms with Crippen LogP contribution in [0.3, 0.4) is 0 Å². The van der Waals surface area contributed by atoms with E-state index in [0.29, 0.717) is 19.4 Å². The SMILES string of the molecule is CC(=O)NNC(=O)[C@H](CCCCNC(=O)OCC1c2ccccc2-c2ccccc21)NC(=O)OC(C)(C)C. The third kappa shape index (κ3) is 8.22. The van der Waals surface area contributed by atoms with Crippen molar-refractivity contribution in [1.29, 1.82) is 0 Å². The van der Waals surface area contributed by atoms with E-state index in [9.17, 15) is 19.2 Å². The second-order valence-electron chi connectivity index (χ2n) is 10.1. The van der Waals surface area contributed by atoms with E-state index in [1.165, 1.54) is 6.92 Å². The highest BCUT2D eigenvalue weighted by Gasteiger charge is 2.29. The van der Waals surface area contributed by atoms with Crippen molar-refractivity contribution in [2.45, 2.75) is 64.5 Å². The minimum absolute atomic E-state index is 0.0186. The van der Waals surface area contributed by atoms with Gasteiger partial charge < -0.3 is 20.1 Å². The average Bonchev–Trinajstić information content (AvgIpc) is 3.17. The third-order valence-electron chi connectivity index (χ3n) is 5.90. The first-order valence-electron chi connectivity index (χ1n) is 12.7. The Hall–Kier alpha value is -4.08. The van der Waals surface area contributed by atoms with Crippen LogP contribution in [0, 0.1) is 0 Å². The number of carbonyl (C=O) groups is 4. The number of alkyl carbamates (subject to hydrolysis) is 2. The summed E-state index contributed by atoms with van der Waals surface area (Å²) in [5.41, 5.74) is 8.36. The molecule has 0 aromatic heterocycles. The lowest BCUT2D eigenvalue weighted by molar-refractivity contribution is -0.129. The standard InChI is InChI=1S/C28H36N4O6/c1-18(33)31-32-25(34)24(30-27(36)38-28(2,3)4)15-9-10-16-29-26(35)37-17-23-21-13-7-5-11-19(21)20-12-6-8-14-22(20)23/h5-8,11-14,23-24H,9-10,15-17H2,1-4H3,(H,29,35)(H,30,36)(H,31,33)(H,32,34)/t24-/m0/s1. The number of rotatable bonds is 9. The van der Waals surface area contributed by atoms with Crippen molar-refractivity contribution in [3.63, 3.8) is 0 Å². The minimum atomic E-state index is -0.925. The van der Waals surface area contributed by atoms with E-state index in [2.05, 4.69) is 45.8 Å². The second-order valence-corrected chi connectivity index (χ2v) is 10.1. The van der Waals surface area contributed by atoms with Crippen LogP contribution in [0.4, 0.5) is 9.59 Å². The topological polar surface area (TPSA) is 135 Å². The first-order chi connectivity index (χ1) is 18.0. The molecule has 2 aromatic rings. The lowest BCUT2D eigenvalue weighted by Crippen LogP contribution is -2.52. The quantitative estimate of drug-likeness (QED) is 0.291. The van der Waals surface area contributed by atoms with Crippen molar-refractivity contribution < 1.29 is 28.7 Å². The summed E-state index contributed by atoms with van der Waals surface area (Å²) in [7, 11) is 0. The molecule has 4 amide bonds. The van der Waals surface area contributed by atoms with Gasteiger partial charge in [0, 0.05) is 19.4 Å². The van der Waals surface area contributed by atoms with Gasteiger partial charge in [-0.2, -0.15) is 0 Å². The van der Waals surface area contributed by atoms with Gasteiger partial charge in [-0.3, -0.25) is 20.4 Å². The van der Waals surface area contributed by atoms with Crippen LogP contribution in [0.2, 0.25) is 0 Å². The molecule has 0 unspecified atom stereocenters. The monoisotopic (exact) mass is 524 g/mol. The van der Waals surface area contributed by atoms with E-state index >= 15 is 0 Å². The number of unbranched alkanes of at least 4 members (excludes halogenated alkanes) is 1. The molecule has 3 rings (SSSR count). The summed E-state index contributed by atoms with van der Waals surface area (Å²) in [4.78, 5) is 48.0. The predicted molar refractivity (Wildman–Crippen MR) is 142 cm³/mol. The minimum Gasteiger partial charge on any atom is -0.449 e. The van der Waals surface area contributed by atoms with E-state index in [0.717, 1.165) is 22.3 Å². The molecule has 1 aliphatic rings. The van der Waals surface area contributed by atoms with E-state index in [1.807, 2.05) is 24.3 Å². The van der Waals surface area contributed by atoms with E-state index in [1.54, 1.807) is 20.8 Å². The van der Waals surface area contributed by atoms with Crippen LogP contribution < -0.4 is 21.5 Å². The van der Waals surface area contributed by atoms with Gasteiger partial charge in [-0.25, -0.2) is 9.59 Å². The number of fused-ring (bicyclic) bond motifs is 3. The average molecular weight is 525 g/mol. The molecule has 10 heteroatoms. The number of amides is 4. The highest BCUT2D eigenvalue weighted by Crippen LogP contribution is 2.44. The summed E-state index contributed by atoms with van der Waals surface area (Å²) in [5.74, 6) is -1.04. The molecule has 4 N–H and O–H groups in total. The van der Waals surface area contributed by atoms with Crippen LogP contribution in [0.1, 0.15) is 64.0 Å². The molecule has 0 spiro atoms. The molecule has 10 nitrogen and oxygen atoms in total. The second kappa shape index (κ2) is 12.9. The van der Waals surface area contributed by atoms with Crippen molar-refractivity contribution in [2.24, 2.45) is 0 Å². The molecule has 2 aromatic carbocycles. The van der Waals surface area contributed by atoms with Crippen molar-refractivity contribution in [3.8, 4) is 11.1 Å². The molecule has 1 atom stereocenters. The summed E-state index contributed by atoms with van der Waals surface area (Å²) in [5, 5.41) is 5.27. The predicted octanol–water partition coefficient (Wildman–Crippen LogP) is 3.76. The maximum absolute atomic E-state index is 12.4. The molecular formula is C28H36N4O6. The van der Waals surface area contributed by atoms with Crippen molar-refractivity contribution >= 4 is 24.0 Å². The van der Waals surface area contributed by atoms with Crippen molar-refractivity contribution in [1.82, 2.24) is 21.5 Å². The van der Waals surface area contributed by atoms with Gasteiger partial charge in [0.2, 0.25) is 5.91 Å². The maximum Gasteiger partial charge on any atom is 0.408 e. The molecule has 0 saturated carbocycles. The summed E-state index contributed by atoms with van der Waals surface area (Å²) in [6.07, 6.45) is 0.0783. The van der Waals surface area contributed by atoms with Gasteiger partial charge in [0.15, 0.2) is 0 Å². The number of carbonyl (C=O) groups excluding carboxylic acids is 4. The van der Waals surface area contributed by atoms with Gasteiger partial charge in [0.05, 0.1) is 0 Å². The van der Waals surface area contributed by atoms with E-state index < -0.39 is 35.6 Å². The molecular weight excluding hydrogens is 488 g/mol. The van der Waals surface area contributed by atoms with Gasteiger partial charge in [-0.1, -0.05) is 48.5 Å². The van der Waals surface area contributed by atoms with Gasteiger partial charge in [0.1, 0.15) is 18.2 Å². The molecule has 0 bridgehead atoms. The Kier molecular flexibility index (Phi) is 9.70. The van der Waals surface area contributed by atoms with E-state index in [4.69, 9.17) is 9.47 Å². The van der Waals surface area contributed by atoms with Gasteiger partial charge in [-0.05, 0) is 62.3 Å². The first-order valence-corrected chi connectivity index (χ1v) is 12.7. The number of hydrogen-bond donors (Lipinski definition) is 4. The number of benzene rings is 2. The summed E-state index contributed by atoms with van der Waals surface area (Å²) in [6.45, 7) is 6.97. The van der Waals surface area contributed by atoms with Crippen LogP contribution in [0.15, 0.2) is 48.5 Å². The number of hydrogen-bond acceptors (Lipinski definition) is 6. The summed E-state index contributed by atoms with van der Waals surface area (Å²) < 4.78 is 10.8. The van der Waals surface area contributed by atoms with Crippen LogP contribution in [0.5, 0.6) is 0 Å². The fraction of sp³-hybridized carbons (Fsp3) is 0.429. The fourth-order valence-corrected chi connectivity index (χ4v) is 4.27. The maximum atomic E-state index is 12.4. The third-order valence-corrected chi connectivity index (χ3v) is 5.90. The first kappa shape index (κ1) is 28.5. The molecule has 0 radical (unpaired) electrons. The number of nitrogens with one attached hydrogen (secondary N) is 4. The summed E-state index contributed by atoms with van der Waals surface area (Å²) in [6, 6.07) is 15.3.